The summed E-state index contributed by atoms with van der Waals surface area (Å²) in [5.41, 5.74) is 1.29. The Morgan fingerprint density at radius 2 is 2.05 bits per heavy atom. The number of hydrogen-bond acceptors (Lipinski definition) is 5. The number of aromatic nitrogens is 1. The topological polar surface area (TPSA) is 31.4 Å². The lowest BCUT2D eigenvalue weighted by molar-refractivity contribution is 0.260. The minimum absolute atomic E-state index is 0.763. The van der Waals surface area contributed by atoms with E-state index >= 15 is 0 Å². The first-order valence-corrected chi connectivity index (χ1v) is 9.31. The van der Waals surface area contributed by atoms with Crippen LogP contribution in [0, 0.1) is 0 Å². The number of anilines is 1. The van der Waals surface area contributed by atoms with E-state index in [-0.39, 0.29) is 0 Å². The molecule has 2 aliphatic rings. The molecule has 118 valence electrons. The van der Waals surface area contributed by atoms with Gasteiger partial charge in [-0.3, -0.25) is 4.90 Å². The molecule has 1 aromatic rings. The van der Waals surface area contributed by atoms with Gasteiger partial charge in [-0.1, -0.05) is 13.8 Å². The van der Waals surface area contributed by atoms with E-state index in [1.807, 2.05) is 11.3 Å². The van der Waals surface area contributed by atoms with E-state index in [4.69, 9.17) is 4.98 Å². The van der Waals surface area contributed by atoms with Gasteiger partial charge in [0.05, 0.1) is 5.69 Å². The Labute approximate surface area is 132 Å². The van der Waals surface area contributed by atoms with Crippen LogP contribution in [0.2, 0.25) is 0 Å². The summed E-state index contributed by atoms with van der Waals surface area (Å²) < 4.78 is 0. The van der Waals surface area contributed by atoms with E-state index in [9.17, 15) is 0 Å². The van der Waals surface area contributed by atoms with E-state index in [2.05, 4.69) is 29.0 Å². The van der Waals surface area contributed by atoms with Crippen LogP contribution in [0.3, 0.4) is 0 Å². The van der Waals surface area contributed by atoms with Crippen molar-refractivity contribution in [1.82, 2.24) is 15.2 Å². The summed E-state index contributed by atoms with van der Waals surface area (Å²) >= 11 is 1.90. The Kier molecular flexibility index (Phi) is 5.14. The molecule has 5 heteroatoms. The minimum atomic E-state index is 0.763. The SMILES string of the molecule is CCNCc1sc(N2CCC(N3CCCC3)C2)nc1CC. The predicted molar refractivity (Wildman–Crippen MR) is 90.3 cm³/mol. The van der Waals surface area contributed by atoms with Gasteiger partial charge >= 0.3 is 0 Å². The lowest BCUT2D eigenvalue weighted by atomic mass is 10.2. The van der Waals surface area contributed by atoms with Crippen LogP contribution < -0.4 is 10.2 Å². The summed E-state index contributed by atoms with van der Waals surface area (Å²) in [6.45, 7) is 11.3. The molecule has 2 saturated heterocycles. The second kappa shape index (κ2) is 7.07. The van der Waals surface area contributed by atoms with Crippen molar-refractivity contribution in [3.05, 3.63) is 10.6 Å². The van der Waals surface area contributed by atoms with E-state index in [0.717, 1.165) is 25.6 Å². The number of rotatable bonds is 6. The fraction of sp³-hybridized carbons (Fsp3) is 0.812. The molecular formula is C16H28N4S. The molecule has 0 bridgehead atoms. The molecule has 0 spiro atoms. The highest BCUT2D eigenvalue weighted by Gasteiger charge is 2.30. The molecule has 1 N–H and O–H groups in total. The van der Waals surface area contributed by atoms with E-state index in [0.29, 0.717) is 0 Å². The normalized spacial score (nSPS) is 23.3. The highest BCUT2D eigenvalue weighted by molar-refractivity contribution is 7.15. The molecular weight excluding hydrogens is 280 g/mol. The van der Waals surface area contributed by atoms with Crippen LogP contribution in [-0.4, -0.2) is 48.6 Å². The fourth-order valence-electron chi connectivity index (χ4n) is 3.48. The van der Waals surface area contributed by atoms with Crippen molar-refractivity contribution in [2.24, 2.45) is 0 Å². The van der Waals surface area contributed by atoms with Gasteiger partial charge in [0.2, 0.25) is 0 Å². The fourth-order valence-corrected chi connectivity index (χ4v) is 4.63. The summed E-state index contributed by atoms with van der Waals surface area (Å²) in [6, 6.07) is 0.763. The quantitative estimate of drug-likeness (QED) is 0.875. The molecule has 0 amide bonds. The molecule has 0 saturated carbocycles. The molecule has 2 fully saturated rings. The van der Waals surface area contributed by atoms with Gasteiger partial charge in [-0.25, -0.2) is 4.98 Å². The summed E-state index contributed by atoms with van der Waals surface area (Å²) in [6.07, 6.45) is 5.13. The van der Waals surface area contributed by atoms with Crippen LogP contribution in [0.15, 0.2) is 0 Å². The minimum Gasteiger partial charge on any atom is -0.346 e. The lowest BCUT2D eigenvalue weighted by Crippen LogP contribution is -2.35. The first-order valence-electron chi connectivity index (χ1n) is 8.50. The molecule has 1 unspecified atom stereocenters. The molecule has 1 aromatic heterocycles. The van der Waals surface area contributed by atoms with Crippen molar-refractivity contribution in [1.29, 1.82) is 0 Å². The van der Waals surface area contributed by atoms with Crippen LogP contribution in [-0.2, 0) is 13.0 Å². The summed E-state index contributed by atoms with van der Waals surface area (Å²) in [4.78, 5) is 11.5. The van der Waals surface area contributed by atoms with E-state index < -0.39 is 0 Å². The van der Waals surface area contributed by atoms with Crippen LogP contribution in [0.25, 0.3) is 0 Å². The van der Waals surface area contributed by atoms with Crippen molar-refractivity contribution >= 4 is 16.5 Å². The van der Waals surface area contributed by atoms with Crippen LogP contribution in [0.4, 0.5) is 5.13 Å². The summed E-state index contributed by atoms with van der Waals surface area (Å²) in [7, 11) is 0. The maximum Gasteiger partial charge on any atom is 0.185 e. The van der Waals surface area contributed by atoms with E-state index in [1.165, 1.54) is 61.1 Å². The van der Waals surface area contributed by atoms with Gasteiger partial charge in [0.1, 0.15) is 0 Å². The zero-order chi connectivity index (χ0) is 14.7. The number of aryl methyl sites for hydroxylation is 1. The zero-order valence-corrected chi connectivity index (χ0v) is 14.2. The third-order valence-electron chi connectivity index (χ3n) is 4.73. The Morgan fingerprint density at radius 1 is 1.24 bits per heavy atom. The molecule has 21 heavy (non-hydrogen) atoms. The summed E-state index contributed by atoms with van der Waals surface area (Å²) in [5.74, 6) is 0. The molecule has 0 aliphatic carbocycles. The lowest BCUT2D eigenvalue weighted by Gasteiger charge is -2.23. The van der Waals surface area contributed by atoms with Gasteiger partial charge in [0.15, 0.2) is 5.13 Å². The van der Waals surface area contributed by atoms with Crippen molar-refractivity contribution in [2.75, 3.05) is 37.6 Å². The molecule has 0 radical (unpaired) electrons. The Bertz CT molecular complexity index is 453. The van der Waals surface area contributed by atoms with Gasteiger partial charge in [-0.2, -0.15) is 0 Å². The number of nitrogens with one attached hydrogen (secondary N) is 1. The van der Waals surface area contributed by atoms with Gasteiger partial charge in [0.25, 0.3) is 0 Å². The molecule has 3 heterocycles. The van der Waals surface area contributed by atoms with Crippen molar-refractivity contribution in [3.63, 3.8) is 0 Å². The number of likely N-dealkylation sites (tertiary alicyclic amines) is 1. The highest BCUT2D eigenvalue weighted by atomic mass is 32.1. The maximum atomic E-state index is 4.91. The molecule has 0 aromatic carbocycles. The van der Waals surface area contributed by atoms with Gasteiger partial charge in [0, 0.05) is 30.6 Å². The highest BCUT2D eigenvalue weighted by Crippen LogP contribution is 2.31. The second-order valence-corrected chi connectivity index (χ2v) is 7.19. The standard InChI is InChI=1S/C16H28N4S/c1-3-14-15(11-17-4-2)21-16(18-14)20-10-7-13(12-20)19-8-5-6-9-19/h13,17H,3-12H2,1-2H3. The number of nitrogens with zero attached hydrogens (tertiary/aromatic N) is 3. The smallest absolute Gasteiger partial charge is 0.185 e. The Balaban J connectivity index is 1.65. The summed E-state index contributed by atoms with van der Waals surface area (Å²) in [5, 5.41) is 4.69. The van der Waals surface area contributed by atoms with Crippen LogP contribution in [0.5, 0.6) is 0 Å². The van der Waals surface area contributed by atoms with Gasteiger partial charge in [-0.15, -0.1) is 11.3 Å². The third-order valence-corrected chi connectivity index (χ3v) is 5.89. The first-order chi connectivity index (χ1) is 10.3. The zero-order valence-electron chi connectivity index (χ0n) is 13.4. The average Bonchev–Trinajstić information content (AvgIpc) is 3.21. The molecule has 1 atom stereocenters. The van der Waals surface area contributed by atoms with Crippen molar-refractivity contribution < 1.29 is 0 Å². The Hall–Kier alpha value is -0.650. The third kappa shape index (κ3) is 3.41. The first kappa shape index (κ1) is 15.3. The Morgan fingerprint density at radius 3 is 2.76 bits per heavy atom. The van der Waals surface area contributed by atoms with E-state index in [1.54, 1.807) is 0 Å². The van der Waals surface area contributed by atoms with Gasteiger partial charge < -0.3 is 10.2 Å². The van der Waals surface area contributed by atoms with Gasteiger partial charge in [-0.05, 0) is 45.3 Å². The molecule has 2 aliphatic heterocycles. The predicted octanol–water partition coefficient (Wildman–Crippen LogP) is 2.49. The van der Waals surface area contributed by atoms with Crippen molar-refractivity contribution in [3.8, 4) is 0 Å². The van der Waals surface area contributed by atoms with Crippen molar-refractivity contribution in [2.45, 2.75) is 52.1 Å². The molecule has 4 nitrogen and oxygen atoms in total. The second-order valence-electron chi connectivity index (χ2n) is 6.13. The molecule has 3 rings (SSSR count). The number of hydrogen-bond donors (Lipinski definition) is 1. The average molecular weight is 308 g/mol. The maximum absolute atomic E-state index is 4.91. The monoisotopic (exact) mass is 308 g/mol. The number of thiazole rings is 1. The van der Waals surface area contributed by atoms with Crippen LogP contribution >= 0.6 is 11.3 Å². The van der Waals surface area contributed by atoms with Crippen LogP contribution in [0.1, 0.15) is 43.7 Å². The largest absolute Gasteiger partial charge is 0.346 e.